The largest absolute Gasteiger partial charge is 0.364 e. The molecule has 3 N–H and O–H groups in total. The van der Waals surface area contributed by atoms with Gasteiger partial charge in [-0.15, -0.1) is 0 Å². The molecule has 1 aliphatic rings. The average Bonchev–Trinajstić information content (AvgIpc) is 2.84. The zero-order valence-corrected chi connectivity index (χ0v) is 13.9. The van der Waals surface area contributed by atoms with Crippen molar-refractivity contribution >= 4 is 28.5 Å². The molecule has 3 heterocycles. The number of amides is 1. The third kappa shape index (κ3) is 2.81. The maximum absolute atomic E-state index is 14.3. The molecule has 0 radical (unpaired) electrons. The van der Waals surface area contributed by atoms with Crippen LogP contribution >= 0.6 is 11.6 Å². The van der Waals surface area contributed by atoms with Gasteiger partial charge in [-0.05, 0) is 38.4 Å². The van der Waals surface area contributed by atoms with Crippen molar-refractivity contribution in [1.82, 2.24) is 14.9 Å². The summed E-state index contributed by atoms with van der Waals surface area (Å²) in [5.74, 6) is -0.735. The molecule has 124 valence electrons. The maximum Gasteiger partial charge on any atom is 0.267 e. The fourth-order valence-corrected chi connectivity index (χ4v) is 3.75. The van der Waals surface area contributed by atoms with E-state index in [4.69, 9.17) is 17.3 Å². The van der Waals surface area contributed by atoms with Gasteiger partial charge in [0.2, 0.25) is 0 Å². The number of aryl methyl sites for hydroxylation is 1. The number of hydrogen-bond acceptors (Lipinski definition) is 3. The van der Waals surface area contributed by atoms with Gasteiger partial charge in [0.25, 0.3) is 5.91 Å². The van der Waals surface area contributed by atoms with Crippen molar-refractivity contribution in [3.63, 3.8) is 0 Å². The summed E-state index contributed by atoms with van der Waals surface area (Å²) in [6, 6.07) is 1.39. The summed E-state index contributed by atoms with van der Waals surface area (Å²) in [6.45, 7) is 5.08. The van der Waals surface area contributed by atoms with Gasteiger partial charge in [-0.3, -0.25) is 4.79 Å². The van der Waals surface area contributed by atoms with Crippen LogP contribution in [0.1, 0.15) is 35.4 Å². The van der Waals surface area contributed by atoms with Crippen LogP contribution in [0.5, 0.6) is 0 Å². The van der Waals surface area contributed by atoms with E-state index in [0.717, 1.165) is 23.9 Å². The minimum Gasteiger partial charge on any atom is -0.364 e. The van der Waals surface area contributed by atoms with Gasteiger partial charge in [-0.25, -0.2) is 9.37 Å². The molecular weight excluding hydrogens is 319 g/mol. The van der Waals surface area contributed by atoms with Gasteiger partial charge in [0, 0.05) is 30.1 Å². The molecule has 1 aliphatic heterocycles. The molecule has 2 aromatic heterocycles. The standard InChI is InChI=1S/C16H20ClFN4O/c1-8-7-22(9(2)10-3-4-20-6-12(10)18)16-14(8)11(17)5-13(21-16)15(19)23/h5,7,9-10,12,20H,3-4,6H2,1-2H3,(H2,19,23)/t9-,10+,12-/m1/s1. The number of halogens is 2. The Bertz CT molecular complexity index is 760. The van der Waals surface area contributed by atoms with Gasteiger partial charge < -0.3 is 15.6 Å². The van der Waals surface area contributed by atoms with Crippen molar-refractivity contribution in [3.05, 3.63) is 28.5 Å². The predicted molar refractivity (Wildman–Crippen MR) is 88.6 cm³/mol. The molecule has 23 heavy (non-hydrogen) atoms. The first kappa shape index (κ1) is 16.2. The first-order valence-electron chi connectivity index (χ1n) is 7.72. The Hall–Kier alpha value is -1.66. The Balaban J connectivity index is 2.11. The highest BCUT2D eigenvalue weighted by atomic mass is 35.5. The smallest absolute Gasteiger partial charge is 0.267 e. The molecule has 7 heteroatoms. The minimum atomic E-state index is -0.911. The van der Waals surface area contributed by atoms with Crippen molar-refractivity contribution in [2.24, 2.45) is 11.7 Å². The average molecular weight is 339 g/mol. The van der Waals surface area contributed by atoms with Crippen molar-refractivity contribution in [1.29, 1.82) is 0 Å². The van der Waals surface area contributed by atoms with E-state index in [9.17, 15) is 9.18 Å². The number of rotatable bonds is 3. The highest BCUT2D eigenvalue weighted by molar-refractivity contribution is 6.35. The zero-order chi connectivity index (χ0) is 16.7. The molecule has 0 unspecified atom stereocenters. The number of carbonyl (C=O) groups is 1. The fourth-order valence-electron chi connectivity index (χ4n) is 3.41. The number of alkyl halides is 1. The second-order valence-electron chi connectivity index (χ2n) is 6.18. The van der Waals surface area contributed by atoms with Gasteiger partial charge in [-0.2, -0.15) is 0 Å². The lowest BCUT2D eigenvalue weighted by atomic mass is 9.89. The SMILES string of the molecule is Cc1cn([C@H](C)[C@@H]2CCNC[C@H]2F)c2nc(C(N)=O)cc(Cl)c12. The van der Waals surface area contributed by atoms with Crippen molar-refractivity contribution in [2.45, 2.75) is 32.5 Å². The normalized spacial score (nSPS) is 23.1. The van der Waals surface area contributed by atoms with E-state index < -0.39 is 12.1 Å². The van der Waals surface area contributed by atoms with E-state index in [1.165, 1.54) is 6.07 Å². The number of piperidine rings is 1. The van der Waals surface area contributed by atoms with E-state index in [1.807, 2.05) is 24.6 Å². The second-order valence-corrected chi connectivity index (χ2v) is 6.59. The Kier molecular flexibility index (Phi) is 4.29. The van der Waals surface area contributed by atoms with Gasteiger partial charge in [0.1, 0.15) is 17.5 Å². The molecule has 0 saturated carbocycles. The van der Waals surface area contributed by atoms with Crippen LogP contribution < -0.4 is 11.1 Å². The summed E-state index contributed by atoms with van der Waals surface area (Å²) in [6.07, 6.45) is 1.77. The molecule has 2 aromatic rings. The molecule has 3 atom stereocenters. The maximum atomic E-state index is 14.3. The van der Waals surface area contributed by atoms with Crippen LogP contribution in [-0.4, -0.2) is 34.7 Å². The molecule has 3 rings (SSSR count). The Labute approximate surface area is 139 Å². The molecule has 0 bridgehead atoms. The van der Waals surface area contributed by atoms with Gasteiger partial charge in [0.05, 0.1) is 5.02 Å². The lowest BCUT2D eigenvalue weighted by Crippen LogP contribution is -2.41. The number of nitrogens with zero attached hydrogens (tertiary/aromatic N) is 2. The number of fused-ring (bicyclic) bond motifs is 1. The van der Waals surface area contributed by atoms with E-state index >= 15 is 0 Å². The number of carbonyl (C=O) groups excluding carboxylic acids is 1. The summed E-state index contributed by atoms with van der Waals surface area (Å²) in [5, 5.41) is 4.29. The summed E-state index contributed by atoms with van der Waals surface area (Å²) in [7, 11) is 0. The van der Waals surface area contributed by atoms with Gasteiger partial charge in [0.15, 0.2) is 0 Å². The minimum absolute atomic E-state index is 0.0880. The highest BCUT2D eigenvalue weighted by Crippen LogP contribution is 2.35. The third-order valence-corrected chi connectivity index (χ3v) is 4.99. The molecule has 1 fully saturated rings. The van der Waals surface area contributed by atoms with Crippen molar-refractivity contribution in [2.75, 3.05) is 13.1 Å². The lowest BCUT2D eigenvalue weighted by Gasteiger charge is -2.32. The highest BCUT2D eigenvalue weighted by Gasteiger charge is 2.31. The van der Waals surface area contributed by atoms with Crippen LogP contribution in [0, 0.1) is 12.8 Å². The van der Waals surface area contributed by atoms with Gasteiger partial charge >= 0.3 is 0 Å². The summed E-state index contributed by atoms with van der Waals surface area (Å²) in [4.78, 5) is 15.8. The number of nitrogens with two attached hydrogens (primary N) is 1. The lowest BCUT2D eigenvalue weighted by molar-refractivity contribution is 0.0995. The summed E-state index contributed by atoms with van der Waals surface area (Å²) < 4.78 is 16.2. The van der Waals surface area contributed by atoms with Crippen LogP contribution in [0.25, 0.3) is 11.0 Å². The van der Waals surface area contributed by atoms with Crippen LogP contribution in [0.3, 0.4) is 0 Å². The first-order chi connectivity index (χ1) is 10.9. The predicted octanol–water partition coefficient (Wildman–Crippen LogP) is 2.61. The molecule has 1 saturated heterocycles. The van der Waals surface area contributed by atoms with Crippen LogP contribution in [0.2, 0.25) is 5.02 Å². The number of nitrogens with one attached hydrogen (secondary N) is 1. The van der Waals surface area contributed by atoms with E-state index in [2.05, 4.69) is 10.3 Å². The third-order valence-electron chi connectivity index (χ3n) is 4.69. The van der Waals surface area contributed by atoms with E-state index in [1.54, 1.807) is 0 Å². The molecular formula is C16H20ClFN4O. The Morgan fingerprint density at radius 3 is 3.00 bits per heavy atom. The number of pyridine rings is 1. The van der Waals surface area contributed by atoms with Gasteiger partial charge in [-0.1, -0.05) is 11.6 Å². The fraction of sp³-hybridized carbons (Fsp3) is 0.500. The first-order valence-corrected chi connectivity index (χ1v) is 8.10. The molecule has 0 spiro atoms. The summed E-state index contributed by atoms with van der Waals surface area (Å²) >= 11 is 6.30. The summed E-state index contributed by atoms with van der Waals surface area (Å²) in [5.41, 5.74) is 6.99. The zero-order valence-electron chi connectivity index (χ0n) is 13.1. The van der Waals surface area contributed by atoms with E-state index in [-0.39, 0.29) is 17.7 Å². The van der Waals surface area contributed by atoms with Crippen LogP contribution in [0.15, 0.2) is 12.3 Å². The van der Waals surface area contributed by atoms with Crippen molar-refractivity contribution < 1.29 is 9.18 Å². The molecule has 0 aliphatic carbocycles. The van der Waals surface area contributed by atoms with Crippen LogP contribution in [-0.2, 0) is 0 Å². The van der Waals surface area contributed by atoms with Crippen LogP contribution in [0.4, 0.5) is 4.39 Å². The Morgan fingerprint density at radius 2 is 2.35 bits per heavy atom. The van der Waals surface area contributed by atoms with E-state index in [0.29, 0.717) is 17.2 Å². The number of aromatic nitrogens is 2. The topological polar surface area (TPSA) is 72.9 Å². The van der Waals surface area contributed by atoms with Crippen molar-refractivity contribution in [3.8, 4) is 0 Å². The Morgan fingerprint density at radius 1 is 1.61 bits per heavy atom. The quantitative estimate of drug-likeness (QED) is 0.903. The molecule has 0 aromatic carbocycles. The monoisotopic (exact) mass is 338 g/mol. The molecule has 5 nitrogen and oxygen atoms in total. The molecule has 1 amide bonds. The second kappa shape index (κ2) is 6.09. The number of primary amides is 1. The number of hydrogen-bond donors (Lipinski definition) is 2.